The van der Waals surface area contributed by atoms with Gasteiger partial charge in [0.2, 0.25) is 5.91 Å². The number of ketones is 2. The van der Waals surface area contributed by atoms with E-state index in [1.54, 1.807) is 6.07 Å². The molecular weight excluding hydrogens is 370 g/mol. The van der Waals surface area contributed by atoms with Crippen LogP contribution in [0.5, 0.6) is 0 Å². The number of rotatable bonds is 8. The summed E-state index contributed by atoms with van der Waals surface area (Å²) in [7, 11) is 0. The van der Waals surface area contributed by atoms with E-state index in [0.29, 0.717) is 17.3 Å². The zero-order valence-corrected chi connectivity index (χ0v) is 17.4. The summed E-state index contributed by atoms with van der Waals surface area (Å²) in [4.78, 5) is 39.4. The Morgan fingerprint density at radius 2 is 1.86 bits per heavy atom. The molecule has 1 aromatic carbocycles. The van der Waals surface area contributed by atoms with Gasteiger partial charge >= 0.3 is 0 Å². The van der Waals surface area contributed by atoms with Crippen molar-refractivity contribution in [3.05, 3.63) is 51.7 Å². The van der Waals surface area contributed by atoms with E-state index in [0.717, 1.165) is 18.5 Å². The maximum absolute atomic E-state index is 12.7. The lowest BCUT2D eigenvalue weighted by Gasteiger charge is -2.30. The zero-order valence-electron chi connectivity index (χ0n) is 16.6. The molecule has 4 nitrogen and oxygen atoms in total. The number of thiophene rings is 1. The second-order valence-electron chi connectivity index (χ2n) is 7.63. The monoisotopic (exact) mass is 397 g/mol. The van der Waals surface area contributed by atoms with E-state index in [2.05, 4.69) is 26.0 Å². The van der Waals surface area contributed by atoms with Crippen LogP contribution in [0.1, 0.15) is 72.7 Å². The fourth-order valence-electron chi connectivity index (χ4n) is 3.55. The molecule has 2 heterocycles. The number of amides is 1. The molecule has 1 aliphatic heterocycles. The van der Waals surface area contributed by atoms with Gasteiger partial charge in [0.1, 0.15) is 5.78 Å². The summed E-state index contributed by atoms with van der Waals surface area (Å²) in [6.07, 6.45) is 2.77. The first kappa shape index (κ1) is 20.5. The van der Waals surface area contributed by atoms with Crippen LogP contribution in [0.25, 0.3) is 0 Å². The topological polar surface area (TPSA) is 54.5 Å². The van der Waals surface area contributed by atoms with Gasteiger partial charge in [0, 0.05) is 37.9 Å². The van der Waals surface area contributed by atoms with E-state index in [9.17, 15) is 14.4 Å². The molecule has 0 aliphatic carbocycles. The van der Waals surface area contributed by atoms with Crippen molar-refractivity contribution in [3.63, 3.8) is 0 Å². The smallest absolute Gasteiger partial charge is 0.227 e. The summed E-state index contributed by atoms with van der Waals surface area (Å²) in [5.41, 5.74) is 3.50. The molecule has 0 radical (unpaired) electrons. The molecule has 2 aromatic rings. The quantitative estimate of drug-likeness (QED) is 0.578. The number of aryl methyl sites for hydroxylation is 1. The van der Waals surface area contributed by atoms with Crippen molar-refractivity contribution < 1.29 is 14.4 Å². The SMILES string of the molecule is CC(C)c1ccc2c(c1)CCCN2C(=O)CCC(=O)CCC(=O)c1cccs1. The summed E-state index contributed by atoms with van der Waals surface area (Å²) < 4.78 is 0. The number of hydrogen-bond acceptors (Lipinski definition) is 4. The van der Waals surface area contributed by atoms with Crippen molar-refractivity contribution >= 4 is 34.5 Å². The Morgan fingerprint density at radius 3 is 2.57 bits per heavy atom. The van der Waals surface area contributed by atoms with Crippen molar-refractivity contribution in [1.29, 1.82) is 0 Å². The summed E-state index contributed by atoms with van der Waals surface area (Å²) in [6, 6.07) is 9.96. The molecule has 1 aliphatic rings. The van der Waals surface area contributed by atoms with Crippen LogP contribution in [0, 0.1) is 0 Å². The molecule has 0 unspecified atom stereocenters. The Labute approximate surface area is 170 Å². The van der Waals surface area contributed by atoms with Crippen LogP contribution in [0.2, 0.25) is 0 Å². The van der Waals surface area contributed by atoms with Gasteiger partial charge in [0.15, 0.2) is 5.78 Å². The third-order valence-corrected chi connectivity index (χ3v) is 6.15. The highest BCUT2D eigenvalue weighted by molar-refractivity contribution is 7.12. The summed E-state index contributed by atoms with van der Waals surface area (Å²) in [5, 5.41) is 1.86. The molecule has 0 fully saturated rings. The molecule has 5 heteroatoms. The van der Waals surface area contributed by atoms with E-state index < -0.39 is 0 Å². The lowest BCUT2D eigenvalue weighted by molar-refractivity contribution is -0.124. The molecule has 28 heavy (non-hydrogen) atoms. The van der Waals surface area contributed by atoms with Gasteiger partial charge in [-0.25, -0.2) is 0 Å². The average molecular weight is 398 g/mol. The van der Waals surface area contributed by atoms with Gasteiger partial charge in [-0.15, -0.1) is 11.3 Å². The lowest BCUT2D eigenvalue weighted by Crippen LogP contribution is -2.35. The number of carbonyl (C=O) groups excluding carboxylic acids is 3. The summed E-state index contributed by atoms with van der Waals surface area (Å²) in [5.74, 6) is 0.438. The molecule has 0 N–H and O–H groups in total. The molecule has 0 saturated heterocycles. The largest absolute Gasteiger partial charge is 0.312 e. The van der Waals surface area contributed by atoms with Crippen LogP contribution < -0.4 is 4.90 Å². The molecule has 0 atom stereocenters. The van der Waals surface area contributed by atoms with Crippen molar-refractivity contribution in [1.82, 2.24) is 0 Å². The third-order valence-electron chi connectivity index (χ3n) is 5.23. The minimum Gasteiger partial charge on any atom is -0.312 e. The predicted octanol–water partition coefficient (Wildman–Crippen LogP) is 5.16. The first-order valence-corrected chi connectivity index (χ1v) is 10.8. The molecule has 1 amide bonds. The zero-order chi connectivity index (χ0) is 20.1. The number of nitrogens with zero attached hydrogens (tertiary/aromatic N) is 1. The molecule has 0 bridgehead atoms. The molecule has 0 spiro atoms. The predicted molar refractivity (Wildman–Crippen MR) is 113 cm³/mol. The van der Waals surface area contributed by atoms with Crippen molar-refractivity contribution in [2.75, 3.05) is 11.4 Å². The Kier molecular flexibility index (Phi) is 6.79. The van der Waals surface area contributed by atoms with Crippen LogP contribution >= 0.6 is 11.3 Å². The van der Waals surface area contributed by atoms with E-state index >= 15 is 0 Å². The molecule has 0 saturated carbocycles. The van der Waals surface area contributed by atoms with Gasteiger partial charge in [-0.3, -0.25) is 14.4 Å². The van der Waals surface area contributed by atoms with E-state index in [1.165, 1.54) is 22.5 Å². The first-order chi connectivity index (χ1) is 13.5. The van der Waals surface area contributed by atoms with Gasteiger partial charge < -0.3 is 4.90 Å². The number of anilines is 1. The van der Waals surface area contributed by atoms with Crippen LogP contribution in [0.3, 0.4) is 0 Å². The maximum Gasteiger partial charge on any atom is 0.227 e. The van der Waals surface area contributed by atoms with E-state index in [4.69, 9.17) is 0 Å². The Bertz CT molecular complexity index is 855. The second-order valence-corrected chi connectivity index (χ2v) is 8.58. The normalized spacial score (nSPS) is 13.5. The molecule has 3 rings (SSSR count). The number of fused-ring (bicyclic) bond motifs is 1. The third kappa shape index (κ3) is 4.96. The van der Waals surface area contributed by atoms with Crippen LogP contribution in [0.4, 0.5) is 5.69 Å². The lowest BCUT2D eigenvalue weighted by atomic mass is 9.94. The fourth-order valence-corrected chi connectivity index (χ4v) is 4.25. The van der Waals surface area contributed by atoms with Crippen molar-refractivity contribution in [2.45, 2.75) is 58.3 Å². The number of hydrogen-bond donors (Lipinski definition) is 0. The standard InChI is InChI=1S/C23H27NO3S/c1-16(2)17-7-10-20-18(15-17)5-3-13-24(20)23(27)12-9-19(25)8-11-21(26)22-6-4-14-28-22/h4,6-7,10,14-16H,3,5,8-9,11-13H2,1-2H3. The van der Waals surface area contributed by atoms with Crippen molar-refractivity contribution in [3.8, 4) is 0 Å². The summed E-state index contributed by atoms with van der Waals surface area (Å²) >= 11 is 1.39. The molecular formula is C23H27NO3S. The van der Waals surface area contributed by atoms with E-state index in [1.807, 2.05) is 22.4 Å². The Hall–Kier alpha value is -2.27. The van der Waals surface area contributed by atoms with Gasteiger partial charge in [0.25, 0.3) is 0 Å². The van der Waals surface area contributed by atoms with Gasteiger partial charge in [-0.1, -0.05) is 32.0 Å². The van der Waals surface area contributed by atoms with Gasteiger partial charge in [-0.2, -0.15) is 0 Å². The Morgan fingerprint density at radius 1 is 1.07 bits per heavy atom. The molecule has 148 valence electrons. The first-order valence-electron chi connectivity index (χ1n) is 9.97. The number of carbonyl (C=O) groups is 3. The molecule has 1 aromatic heterocycles. The number of Topliss-reactive ketones (excluding diaryl/α,β-unsaturated/α-hetero) is 2. The fraction of sp³-hybridized carbons (Fsp3) is 0.435. The maximum atomic E-state index is 12.7. The highest BCUT2D eigenvalue weighted by Crippen LogP contribution is 2.30. The van der Waals surface area contributed by atoms with Crippen molar-refractivity contribution in [2.24, 2.45) is 0 Å². The second kappa shape index (κ2) is 9.28. The Balaban J connectivity index is 1.53. The van der Waals surface area contributed by atoms with Gasteiger partial charge in [-0.05, 0) is 47.4 Å². The van der Waals surface area contributed by atoms with Crippen LogP contribution in [0.15, 0.2) is 35.7 Å². The van der Waals surface area contributed by atoms with Gasteiger partial charge in [0.05, 0.1) is 4.88 Å². The van der Waals surface area contributed by atoms with E-state index in [-0.39, 0.29) is 43.2 Å². The summed E-state index contributed by atoms with van der Waals surface area (Å²) in [6.45, 7) is 5.04. The minimum absolute atomic E-state index is 0.000547. The number of benzene rings is 1. The minimum atomic E-state index is -0.0226. The average Bonchev–Trinajstić information content (AvgIpc) is 3.24. The van der Waals surface area contributed by atoms with Crippen LogP contribution in [-0.4, -0.2) is 24.0 Å². The highest BCUT2D eigenvalue weighted by atomic mass is 32.1. The highest BCUT2D eigenvalue weighted by Gasteiger charge is 2.23. The van der Waals surface area contributed by atoms with Crippen LogP contribution in [-0.2, 0) is 16.0 Å².